The van der Waals surface area contributed by atoms with Crippen LogP contribution in [0, 0.1) is 0 Å². The van der Waals surface area contributed by atoms with Crippen molar-refractivity contribution in [2.45, 2.75) is 22.6 Å². The molecule has 1 amide bonds. The molecule has 1 aromatic heterocycles. The largest absolute Gasteiger partial charge is 0.480 e. The van der Waals surface area contributed by atoms with Gasteiger partial charge in [-0.25, -0.2) is 18.0 Å². The lowest BCUT2D eigenvalue weighted by atomic mass is 9.94. The Bertz CT molecular complexity index is 846. The summed E-state index contributed by atoms with van der Waals surface area (Å²) in [5, 5.41) is 23.6. The molecule has 0 aliphatic carbocycles. The van der Waals surface area contributed by atoms with Crippen LogP contribution < -0.4 is 0 Å². The van der Waals surface area contributed by atoms with E-state index in [0.717, 1.165) is 12.4 Å². The van der Waals surface area contributed by atoms with E-state index in [-0.39, 0.29) is 0 Å². The highest BCUT2D eigenvalue weighted by Crippen LogP contribution is 2.47. The third kappa shape index (κ3) is 1.51. The Labute approximate surface area is 127 Å². The van der Waals surface area contributed by atoms with E-state index in [1.807, 2.05) is 0 Å². The first-order chi connectivity index (χ1) is 10.7. The first kappa shape index (κ1) is 15.1. The average molecular weight is 344 g/mol. The lowest BCUT2D eigenvalue weighted by Crippen LogP contribution is -2.64. The predicted octanol–water partition coefficient (Wildman–Crippen LogP) is -2.82. The summed E-state index contributed by atoms with van der Waals surface area (Å²) in [5.74, 6) is -6.58. The van der Waals surface area contributed by atoms with Crippen molar-refractivity contribution in [2.24, 2.45) is 0 Å². The van der Waals surface area contributed by atoms with Gasteiger partial charge in [0.25, 0.3) is 10.7 Å². The summed E-state index contributed by atoms with van der Waals surface area (Å²) < 4.78 is 22.1. The molecule has 0 saturated carbocycles. The number of rotatable bonds is 3. The minimum Gasteiger partial charge on any atom is -0.480 e. The van der Waals surface area contributed by atoms with Crippen molar-refractivity contribution >= 4 is 33.6 Å². The molecule has 2 saturated heterocycles. The van der Waals surface area contributed by atoms with Crippen molar-refractivity contribution in [1.82, 2.24) is 19.9 Å². The molecule has 2 unspecified atom stereocenters. The molecular formula is C10H8N4O8S. The zero-order valence-electron chi connectivity index (χ0n) is 11.1. The summed E-state index contributed by atoms with van der Waals surface area (Å²) in [4.78, 5) is 47.8. The first-order valence-corrected chi connectivity index (χ1v) is 7.64. The molecule has 23 heavy (non-hydrogen) atoms. The Morgan fingerprint density at radius 2 is 1.96 bits per heavy atom. The van der Waals surface area contributed by atoms with Gasteiger partial charge in [-0.2, -0.15) is 4.68 Å². The van der Waals surface area contributed by atoms with Gasteiger partial charge >= 0.3 is 11.9 Å². The number of carboxylic acids is 2. The van der Waals surface area contributed by atoms with Crippen molar-refractivity contribution in [3.63, 3.8) is 0 Å². The number of hydrogen-bond acceptors (Lipinski definition) is 8. The number of aromatic nitrogens is 3. The molecule has 0 bridgehead atoms. The van der Waals surface area contributed by atoms with Gasteiger partial charge in [-0.1, -0.05) is 5.21 Å². The van der Waals surface area contributed by atoms with Gasteiger partial charge in [0.1, 0.15) is 5.37 Å². The van der Waals surface area contributed by atoms with Crippen molar-refractivity contribution in [2.75, 3.05) is 0 Å². The highest BCUT2D eigenvalue weighted by atomic mass is 32.2. The van der Waals surface area contributed by atoms with Crippen molar-refractivity contribution in [3.05, 3.63) is 12.4 Å². The molecule has 2 aliphatic rings. The van der Waals surface area contributed by atoms with Gasteiger partial charge < -0.3 is 15.1 Å². The number of β-lactam (4-membered cyclic amide) rings is 1. The predicted molar refractivity (Wildman–Crippen MR) is 66.6 cm³/mol. The zero-order valence-corrected chi connectivity index (χ0v) is 11.9. The molecule has 1 aromatic rings. The van der Waals surface area contributed by atoms with Gasteiger partial charge in [-0.3, -0.25) is 9.59 Å². The van der Waals surface area contributed by atoms with E-state index in [2.05, 4.69) is 10.3 Å². The van der Waals surface area contributed by atoms with Crippen molar-refractivity contribution in [3.8, 4) is 0 Å². The second kappa shape index (κ2) is 4.34. The smallest absolute Gasteiger partial charge is 0.337 e. The van der Waals surface area contributed by atoms with Crippen LogP contribution in [0.4, 0.5) is 0 Å². The summed E-state index contributed by atoms with van der Waals surface area (Å²) in [6.45, 7) is 0. The number of carboxylic acid groups (broad SMARTS) is 2. The van der Waals surface area contributed by atoms with E-state index >= 15 is 0 Å². The van der Waals surface area contributed by atoms with Crippen LogP contribution in [0.15, 0.2) is 12.4 Å². The lowest BCUT2D eigenvalue weighted by molar-refractivity contribution is -0.160. The molecule has 2 aliphatic heterocycles. The number of nitrogens with zero attached hydrogens (tertiary/aromatic N) is 4. The highest BCUT2D eigenvalue weighted by molar-refractivity contribution is 7.95. The number of fused-ring (bicyclic) bond motifs is 1. The molecule has 122 valence electrons. The van der Waals surface area contributed by atoms with Gasteiger partial charge in [0.05, 0.1) is 18.8 Å². The van der Waals surface area contributed by atoms with Crippen LogP contribution >= 0.6 is 0 Å². The minimum absolute atomic E-state index is 0.331. The summed E-state index contributed by atoms with van der Waals surface area (Å²) in [5.41, 5.74) is 0. The number of sulfone groups is 1. The quantitative estimate of drug-likeness (QED) is 0.429. The van der Waals surface area contributed by atoms with Crippen molar-refractivity contribution < 1.29 is 37.8 Å². The molecule has 0 aromatic carbocycles. The molecule has 2 fully saturated rings. The standard InChI is InChI=1S/C10H8N4O8S/c15-4-3-5-14(4)6(7(16)17)10(9(19)20,23(5,21)22)8(18)13-2-1-11-12-13/h1-2,5-6H,3H2,(H,16,17)(H,19,20)/t5?,6?,10-/m0/s1. The van der Waals surface area contributed by atoms with Crippen LogP contribution in [0.2, 0.25) is 0 Å². The van der Waals surface area contributed by atoms with E-state index in [4.69, 9.17) is 0 Å². The Morgan fingerprint density at radius 3 is 2.39 bits per heavy atom. The molecule has 3 atom stereocenters. The van der Waals surface area contributed by atoms with Crippen LogP contribution in [-0.2, 0) is 24.2 Å². The minimum atomic E-state index is -4.85. The maximum atomic E-state index is 12.6. The van der Waals surface area contributed by atoms with Crippen molar-refractivity contribution in [1.29, 1.82) is 0 Å². The van der Waals surface area contributed by atoms with Crippen LogP contribution in [0.5, 0.6) is 0 Å². The fraction of sp³-hybridized carbons (Fsp3) is 0.400. The Morgan fingerprint density at radius 1 is 1.30 bits per heavy atom. The van der Waals surface area contributed by atoms with E-state index in [1.165, 1.54) is 0 Å². The van der Waals surface area contributed by atoms with E-state index < -0.39 is 56.2 Å². The topological polar surface area (TPSA) is 177 Å². The molecule has 2 N–H and O–H groups in total. The van der Waals surface area contributed by atoms with Crippen LogP contribution in [0.25, 0.3) is 0 Å². The SMILES string of the molecule is O=C(O)C1N2C(=O)CC2S(=O)(=O)[C@]1(C(=O)O)C(=O)n1ccnn1. The molecule has 0 radical (unpaired) electrons. The van der Waals surface area contributed by atoms with Gasteiger partial charge in [0, 0.05) is 0 Å². The Hall–Kier alpha value is -2.83. The maximum absolute atomic E-state index is 12.6. The second-order valence-electron chi connectivity index (χ2n) is 4.94. The molecule has 3 rings (SSSR count). The van der Waals surface area contributed by atoms with E-state index in [0.29, 0.717) is 9.58 Å². The fourth-order valence-electron chi connectivity index (χ4n) is 2.89. The van der Waals surface area contributed by atoms with Crippen LogP contribution in [0.3, 0.4) is 0 Å². The Kier molecular flexibility index (Phi) is 2.85. The third-order valence-electron chi connectivity index (χ3n) is 3.92. The van der Waals surface area contributed by atoms with Crippen LogP contribution in [0.1, 0.15) is 11.2 Å². The van der Waals surface area contributed by atoms with Crippen LogP contribution in [-0.4, -0.2) is 78.4 Å². The van der Waals surface area contributed by atoms with Gasteiger partial charge in [-0.15, -0.1) is 5.10 Å². The number of hydrogen-bond donors (Lipinski definition) is 2. The Balaban J connectivity index is 2.32. The number of aliphatic carboxylic acids is 2. The number of carbonyl (C=O) groups excluding carboxylic acids is 2. The second-order valence-corrected chi connectivity index (χ2v) is 7.22. The molecule has 13 heteroatoms. The zero-order chi connectivity index (χ0) is 17.2. The highest BCUT2D eigenvalue weighted by Gasteiger charge is 2.79. The molecule has 3 heterocycles. The number of amides is 1. The van der Waals surface area contributed by atoms with E-state index in [1.54, 1.807) is 0 Å². The summed E-state index contributed by atoms with van der Waals surface area (Å²) in [6, 6.07) is -2.38. The molecular weight excluding hydrogens is 336 g/mol. The monoisotopic (exact) mass is 344 g/mol. The summed E-state index contributed by atoms with van der Waals surface area (Å²) in [6.07, 6.45) is 1.30. The summed E-state index contributed by atoms with van der Waals surface area (Å²) >= 11 is 0. The lowest BCUT2D eigenvalue weighted by Gasteiger charge is -2.35. The van der Waals surface area contributed by atoms with Gasteiger partial charge in [0.15, 0.2) is 15.9 Å². The van der Waals surface area contributed by atoms with Gasteiger partial charge in [0.2, 0.25) is 5.91 Å². The molecule has 12 nitrogen and oxygen atoms in total. The number of carbonyl (C=O) groups is 4. The average Bonchev–Trinajstić information content (AvgIpc) is 3.01. The summed E-state index contributed by atoms with van der Waals surface area (Å²) in [7, 11) is -4.85. The van der Waals surface area contributed by atoms with Gasteiger partial charge in [-0.05, 0) is 0 Å². The maximum Gasteiger partial charge on any atom is 0.337 e. The third-order valence-corrected chi connectivity index (χ3v) is 6.50. The normalized spacial score (nSPS) is 31.3. The molecule has 0 spiro atoms. The van der Waals surface area contributed by atoms with E-state index in [9.17, 15) is 37.8 Å². The first-order valence-electron chi connectivity index (χ1n) is 6.09. The fourth-order valence-corrected chi connectivity index (χ4v) is 5.32.